The Morgan fingerprint density at radius 1 is 1.14 bits per heavy atom. The quantitative estimate of drug-likeness (QED) is 0.881. The molecule has 0 aliphatic heterocycles. The van der Waals surface area contributed by atoms with Crippen LogP contribution in [0, 0.1) is 5.92 Å². The van der Waals surface area contributed by atoms with Crippen molar-refractivity contribution in [3.8, 4) is 0 Å². The second-order valence-corrected chi connectivity index (χ2v) is 8.58. The summed E-state index contributed by atoms with van der Waals surface area (Å²) in [7, 11) is -3.53. The molecule has 0 spiro atoms. The predicted octanol–water partition coefficient (Wildman–Crippen LogP) is 3.04. The number of thiophene rings is 1. The molecular weight excluding hydrogens is 318 g/mol. The highest BCUT2D eigenvalue weighted by atomic mass is 32.2. The Morgan fingerprint density at radius 3 is 2.36 bits per heavy atom. The van der Waals surface area contributed by atoms with Gasteiger partial charge in [-0.2, -0.15) is 0 Å². The van der Waals surface area contributed by atoms with Gasteiger partial charge in [-0.3, -0.25) is 4.79 Å². The number of hydrogen-bond donors (Lipinski definition) is 1. The van der Waals surface area contributed by atoms with Gasteiger partial charge in [0.05, 0.1) is 0 Å². The molecule has 0 saturated carbocycles. The Bertz CT molecular complexity index is 707. The second kappa shape index (κ2) is 7.07. The molecule has 0 saturated heterocycles. The molecule has 2 rings (SSSR count). The van der Waals surface area contributed by atoms with Gasteiger partial charge in [0.2, 0.25) is 5.91 Å². The van der Waals surface area contributed by atoms with Gasteiger partial charge in [-0.25, -0.2) is 8.42 Å². The van der Waals surface area contributed by atoms with Crippen LogP contribution in [-0.4, -0.2) is 20.9 Å². The lowest BCUT2D eigenvalue weighted by Gasteiger charge is -2.18. The van der Waals surface area contributed by atoms with Gasteiger partial charge in [0.1, 0.15) is 9.46 Å². The second-order valence-electron chi connectivity index (χ2n) is 5.28. The topological polar surface area (TPSA) is 63.2 Å². The number of rotatable bonds is 6. The molecule has 2 aromatic rings. The fourth-order valence-electron chi connectivity index (χ4n) is 2.04. The Morgan fingerprint density at radius 2 is 1.82 bits per heavy atom. The maximum absolute atomic E-state index is 12.8. The third kappa shape index (κ3) is 3.75. The van der Waals surface area contributed by atoms with Gasteiger partial charge >= 0.3 is 0 Å². The van der Waals surface area contributed by atoms with Crippen molar-refractivity contribution in [2.45, 2.75) is 23.3 Å². The van der Waals surface area contributed by atoms with Crippen LogP contribution in [0.4, 0.5) is 0 Å². The summed E-state index contributed by atoms with van der Waals surface area (Å²) in [5.74, 6) is -0.330. The first-order chi connectivity index (χ1) is 10.4. The number of amides is 1. The summed E-state index contributed by atoms with van der Waals surface area (Å²) in [5.41, 5.74) is 0.681. The maximum Gasteiger partial charge on any atom is 0.222 e. The number of sulfone groups is 1. The number of benzene rings is 1. The lowest BCUT2D eigenvalue weighted by Crippen LogP contribution is -2.34. The molecular formula is C16H19NO3S2. The number of carbonyl (C=O) groups excluding carboxylic acids is 1. The zero-order chi connectivity index (χ0) is 16.2. The average Bonchev–Trinajstić information content (AvgIpc) is 3.03. The fourth-order valence-corrected chi connectivity index (χ4v) is 4.90. The van der Waals surface area contributed by atoms with Crippen LogP contribution in [0.5, 0.6) is 0 Å². The van der Waals surface area contributed by atoms with Crippen molar-refractivity contribution in [2.75, 3.05) is 6.54 Å². The molecule has 1 atom stereocenters. The van der Waals surface area contributed by atoms with Crippen LogP contribution in [0.1, 0.15) is 24.7 Å². The van der Waals surface area contributed by atoms with Crippen molar-refractivity contribution in [1.29, 1.82) is 0 Å². The van der Waals surface area contributed by atoms with E-state index in [0.717, 1.165) is 0 Å². The van der Waals surface area contributed by atoms with Gasteiger partial charge in [-0.1, -0.05) is 50.2 Å². The Hall–Kier alpha value is -1.66. The highest BCUT2D eigenvalue weighted by molar-refractivity contribution is 7.93. The van der Waals surface area contributed by atoms with E-state index >= 15 is 0 Å². The van der Waals surface area contributed by atoms with E-state index in [2.05, 4.69) is 5.32 Å². The largest absolute Gasteiger partial charge is 0.354 e. The standard InChI is InChI=1S/C16H19NO3S2/c1-12(2)16(18)17-11-14(13-7-4-3-5-8-13)22(19,20)15-9-6-10-21-15/h3-10,12,14H,11H2,1-2H3,(H,17,18)/t14-/m1/s1. The summed E-state index contributed by atoms with van der Waals surface area (Å²) in [6, 6.07) is 12.3. The highest BCUT2D eigenvalue weighted by Crippen LogP contribution is 2.31. The summed E-state index contributed by atoms with van der Waals surface area (Å²) in [5, 5.41) is 3.69. The van der Waals surface area contributed by atoms with E-state index in [9.17, 15) is 13.2 Å². The molecule has 4 nitrogen and oxygen atoms in total. The fraction of sp³-hybridized carbons (Fsp3) is 0.312. The van der Waals surface area contributed by atoms with Crippen LogP contribution in [0.25, 0.3) is 0 Å². The molecule has 0 radical (unpaired) electrons. The van der Waals surface area contributed by atoms with E-state index in [1.54, 1.807) is 55.6 Å². The van der Waals surface area contributed by atoms with Crippen molar-refractivity contribution in [3.63, 3.8) is 0 Å². The van der Waals surface area contributed by atoms with Crippen molar-refractivity contribution < 1.29 is 13.2 Å². The molecule has 0 fully saturated rings. The van der Waals surface area contributed by atoms with Crippen LogP contribution in [-0.2, 0) is 14.6 Å². The van der Waals surface area contributed by atoms with Crippen LogP contribution in [0.15, 0.2) is 52.1 Å². The number of nitrogens with one attached hydrogen (secondary N) is 1. The minimum atomic E-state index is -3.53. The normalized spacial score (nSPS) is 13.0. The van der Waals surface area contributed by atoms with Crippen molar-refractivity contribution >= 4 is 27.1 Å². The van der Waals surface area contributed by atoms with Crippen LogP contribution in [0.2, 0.25) is 0 Å². The van der Waals surface area contributed by atoms with Crippen molar-refractivity contribution in [3.05, 3.63) is 53.4 Å². The van der Waals surface area contributed by atoms with E-state index in [-0.39, 0.29) is 18.4 Å². The molecule has 1 amide bonds. The van der Waals surface area contributed by atoms with Crippen LogP contribution >= 0.6 is 11.3 Å². The van der Waals surface area contributed by atoms with E-state index in [4.69, 9.17) is 0 Å². The summed E-state index contributed by atoms with van der Waals surface area (Å²) in [6.45, 7) is 3.63. The van der Waals surface area contributed by atoms with E-state index in [1.807, 2.05) is 6.07 Å². The molecule has 1 heterocycles. The minimum absolute atomic E-state index is 0.0707. The smallest absolute Gasteiger partial charge is 0.222 e. The van der Waals surface area contributed by atoms with E-state index in [1.165, 1.54) is 11.3 Å². The third-order valence-electron chi connectivity index (χ3n) is 3.31. The van der Waals surface area contributed by atoms with E-state index < -0.39 is 15.1 Å². The molecule has 1 aromatic carbocycles. The summed E-state index contributed by atoms with van der Waals surface area (Å²) >= 11 is 1.19. The first-order valence-corrected chi connectivity index (χ1v) is 9.45. The van der Waals surface area contributed by atoms with Gasteiger partial charge in [0.25, 0.3) is 0 Å². The van der Waals surface area contributed by atoms with Gasteiger partial charge in [-0.05, 0) is 17.0 Å². The van der Waals surface area contributed by atoms with Crippen LogP contribution < -0.4 is 5.32 Å². The first-order valence-electron chi connectivity index (χ1n) is 7.03. The zero-order valence-electron chi connectivity index (χ0n) is 12.5. The zero-order valence-corrected chi connectivity index (χ0v) is 14.2. The van der Waals surface area contributed by atoms with Gasteiger partial charge in [-0.15, -0.1) is 11.3 Å². The molecule has 1 aromatic heterocycles. The van der Waals surface area contributed by atoms with Gasteiger partial charge in [0.15, 0.2) is 9.84 Å². The molecule has 0 bridgehead atoms. The Labute approximate surface area is 135 Å². The molecule has 0 aliphatic carbocycles. The Balaban J connectivity index is 2.32. The summed E-state index contributed by atoms with van der Waals surface area (Å²) < 4.78 is 26.0. The average molecular weight is 337 g/mol. The predicted molar refractivity (Wildman–Crippen MR) is 88.5 cm³/mol. The lowest BCUT2D eigenvalue weighted by atomic mass is 10.1. The first kappa shape index (κ1) is 16.7. The molecule has 1 N–H and O–H groups in total. The minimum Gasteiger partial charge on any atom is -0.354 e. The number of hydrogen-bond acceptors (Lipinski definition) is 4. The SMILES string of the molecule is CC(C)C(=O)NC[C@H](c1ccccc1)S(=O)(=O)c1cccs1. The van der Waals surface area contributed by atoms with Crippen LogP contribution in [0.3, 0.4) is 0 Å². The van der Waals surface area contributed by atoms with Gasteiger partial charge < -0.3 is 5.32 Å². The Kier molecular flexibility index (Phi) is 5.37. The molecule has 118 valence electrons. The third-order valence-corrected chi connectivity index (χ3v) is 6.84. The summed E-state index contributed by atoms with van der Waals surface area (Å²) in [6.07, 6.45) is 0. The van der Waals surface area contributed by atoms with Crippen molar-refractivity contribution in [2.24, 2.45) is 5.92 Å². The molecule has 0 unspecified atom stereocenters. The molecule has 0 aliphatic rings. The van der Waals surface area contributed by atoms with E-state index in [0.29, 0.717) is 9.77 Å². The van der Waals surface area contributed by atoms with Crippen molar-refractivity contribution in [1.82, 2.24) is 5.32 Å². The molecule has 22 heavy (non-hydrogen) atoms. The summed E-state index contributed by atoms with van der Waals surface area (Å²) in [4.78, 5) is 11.8. The van der Waals surface area contributed by atoms with Gasteiger partial charge in [0, 0.05) is 12.5 Å². The molecule has 6 heteroatoms. The highest BCUT2D eigenvalue weighted by Gasteiger charge is 2.30. The number of carbonyl (C=O) groups is 1. The maximum atomic E-state index is 12.8. The monoisotopic (exact) mass is 337 g/mol. The lowest BCUT2D eigenvalue weighted by molar-refractivity contribution is -0.123.